The topological polar surface area (TPSA) is 18.0 Å². The van der Waals surface area contributed by atoms with Crippen molar-refractivity contribution < 1.29 is 9.30 Å². The highest BCUT2D eigenvalue weighted by Crippen LogP contribution is 2.11. The van der Waals surface area contributed by atoms with Gasteiger partial charge >= 0.3 is 0 Å². The van der Waals surface area contributed by atoms with E-state index in [2.05, 4.69) is 46.7 Å². The number of imidazole rings is 1. The number of ether oxygens (including phenoxy) is 1. The van der Waals surface area contributed by atoms with Gasteiger partial charge in [0.25, 0.3) is 0 Å². The summed E-state index contributed by atoms with van der Waals surface area (Å²) in [4.78, 5) is 0. The third-order valence-electron chi connectivity index (χ3n) is 2.97. The summed E-state index contributed by atoms with van der Waals surface area (Å²) < 4.78 is 9.99. The molecule has 1 aromatic heterocycles. The van der Waals surface area contributed by atoms with Gasteiger partial charge in [-0.15, -0.1) is 0 Å². The Balaban J connectivity index is 2.32. The molecule has 0 aliphatic rings. The number of para-hydroxylation sites is 2. The number of aryl methyl sites for hydroxylation is 1. The Hall–Kier alpha value is -1.35. The molecule has 0 fully saturated rings. The average Bonchev–Trinajstić information content (AvgIpc) is 2.72. The minimum absolute atomic E-state index is 0.635. The number of hydrogen-bond donors (Lipinski definition) is 0. The number of nitrogens with zero attached hydrogens (tertiary/aromatic N) is 2. The lowest BCUT2D eigenvalue weighted by Crippen LogP contribution is -2.33. The number of aromatic nitrogens is 2. The predicted octanol–water partition coefficient (Wildman–Crippen LogP) is 2.72. The molecule has 0 aliphatic carbocycles. The van der Waals surface area contributed by atoms with Crippen molar-refractivity contribution in [3.63, 3.8) is 0 Å². The molecule has 0 saturated heterocycles. The lowest BCUT2D eigenvalue weighted by molar-refractivity contribution is -0.709. The van der Waals surface area contributed by atoms with Crippen molar-refractivity contribution >= 4 is 11.0 Å². The van der Waals surface area contributed by atoms with Crippen molar-refractivity contribution in [1.29, 1.82) is 0 Å². The van der Waals surface area contributed by atoms with Gasteiger partial charge in [-0.1, -0.05) is 25.5 Å². The Morgan fingerprint density at radius 1 is 1.24 bits per heavy atom. The van der Waals surface area contributed by atoms with Crippen LogP contribution in [0.2, 0.25) is 0 Å². The van der Waals surface area contributed by atoms with Crippen LogP contribution in [0.1, 0.15) is 26.7 Å². The van der Waals surface area contributed by atoms with E-state index in [9.17, 15) is 0 Å². The van der Waals surface area contributed by atoms with E-state index in [0.717, 1.165) is 13.2 Å². The number of unbranched alkanes of at least 4 members (excludes halogenated alkanes) is 1. The van der Waals surface area contributed by atoms with Crippen molar-refractivity contribution in [2.45, 2.75) is 40.0 Å². The van der Waals surface area contributed by atoms with Crippen LogP contribution in [0.4, 0.5) is 0 Å². The maximum atomic E-state index is 5.50. The quantitative estimate of drug-likeness (QED) is 0.702. The SMILES string of the molecule is CCCCn1c[n+](COCC)c2ccccc21. The molecule has 1 aromatic carbocycles. The largest absolute Gasteiger partial charge is 0.342 e. The molecular weight excluding hydrogens is 212 g/mol. The van der Waals surface area contributed by atoms with E-state index in [4.69, 9.17) is 4.74 Å². The summed E-state index contributed by atoms with van der Waals surface area (Å²) in [5, 5.41) is 0. The lowest BCUT2D eigenvalue weighted by Gasteiger charge is -1.96. The molecule has 0 saturated carbocycles. The highest BCUT2D eigenvalue weighted by Gasteiger charge is 2.13. The summed E-state index contributed by atoms with van der Waals surface area (Å²) in [6, 6.07) is 8.50. The van der Waals surface area contributed by atoms with Gasteiger partial charge in [0.2, 0.25) is 6.33 Å². The molecule has 0 bridgehead atoms. The second kappa shape index (κ2) is 5.82. The summed E-state index contributed by atoms with van der Waals surface area (Å²) in [6.45, 7) is 6.71. The van der Waals surface area contributed by atoms with E-state index >= 15 is 0 Å². The molecule has 3 heteroatoms. The highest BCUT2D eigenvalue weighted by atomic mass is 16.5. The maximum Gasteiger partial charge on any atom is 0.246 e. The first-order chi connectivity index (χ1) is 8.36. The first kappa shape index (κ1) is 12.1. The van der Waals surface area contributed by atoms with E-state index in [1.807, 2.05) is 6.92 Å². The first-order valence-electron chi connectivity index (χ1n) is 6.41. The molecule has 3 nitrogen and oxygen atoms in total. The summed E-state index contributed by atoms with van der Waals surface area (Å²) in [7, 11) is 0. The van der Waals surface area contributed by atoms with E-state index < -0.39 is 0 Å². The molecule has 0 N–H and O–H groups in total. The van der Waals surface area contributed by atoms with Gasteiger partial charge in [-0.25, -0.2) is 9.13 Å². The predicted molar refractivity (Wildman–Crippen MR) is 68.7 cm³/mol. The van der Waals surface area contributed by atoms with Gasteiger partial charge in [-0.05, 0) is 25.5 Å². The van der Waals surface area contributed by atoms with Gasteiger partial charge in [-0.3, -0.25) is 0 Å². The number of hydrogen-bond acceptors (Lipinski definition) is 1. The first-order valence-corrected chi connectivity index (χ1v) is 6.41. The molecule has 17 heavy (non-hydrogen) atoms. The fourth-order valence-corrected chi connectivity index (χ4v) is 2.04. The minimum Gasteiger partial charge on any atom is -0.342 e. The van der Waals surface area contributed by atoms with Crippen molar-refractivity contribution in [1.82, 2.24) is 4.57 Å². The molecule has 0 amide bonds. The third kappa shape index (κ3) is 2.67. The van der Waals surface area contributed by atoms with Crippen LogP contribution in [-0.2, 0) is 18.0 Å². The van der Waals surface area contributed by atoms with Crippen LogP contribution in [0.3, 0.4) is 0 Å². The second-order valence-corrected chi connectivity index (χ2v) is 4.24. The smallest absolute Gasteiger partial charge is 0.246 e. The third-order valence-corrected chi connectivity index (χ3v) is 2.97. The maximum absolute atomic E-state index is 5.50. The van der Waals surface area contributed by atoms with Gasteiger partial charge in [0.05, 0.1) is 6.54 Å². The molecule has 0 atom stereocenters. The average molecular weight is 233 g/mol. The second-order valence-electron chi connectivity index (χ2n) is 4.24. The molecule has 0 spiro atoms. The standard InChI is InChI=1S/C14H21N2O/c1-3-5-10-15-11-16(12-17-4-2)14-9-7-6-8-13(14)15/h6-9,11H,3-5,10,12H2,1-2H3/q+1. The Morgan fingerprint density at radius 3 is 2.82 bits per heavy atom. The van der Waals surface area contributed by atoms with Gasteiger partial charge in [0, 0.05) is 6.61 Å². The summed E-state index contributed by atoms with van der Waals surface area (Å²) in [5.41, 5.74) is 2.54. The van der Waals surface area contributed by atoms with Crippen molar-refractivity contribution in [3.8, 4) is 0 Å². The van der Waals surface area contributed by atoms with Gasteiger partial charge in [-0.2, -0.15) is 0 Å². The van der Waals surface area contributed by atoms with E-state index in [1.165, 1.54) is 23.9 Å². The van der Waals surface area contributed by atoms with Crippen molar-refractivity contribution in [2.24, 2.45) is 0 Å². The van der Waals surface area contributed by atoms with Gasteiger partial charge in [0.15, 0.2) is 17.8 Å². The molecule has 0 aliphatic heterocycles. The van der Waals surface area contributed by atoms with E-state index in [1.54, 1.807) is 0 Å². The van der Waals surface area contributed by atoms with Crippen molar-refractivity contribution in [3.05, 3.63) is 30.6 Å². The van der Waals surface area contributed by atoms with Crippen molar-refractivity contribution in [2.75, 3.05) is 6.61 Å². The Kier molecular flexibility index (Phi) is 4.15. The molecule has 2 rings (SSSR count). The normalized spacial score (nSPS) is 11.2. The number of rotatable bonds is 6. The zero-order valence-corrected chi connectivity index (χ0v) is 10.7. The van der Waals surface area contributed by atoms with E-state index in [-0.39, 0.29) is 0 Å². The number of fused-ring (bicyclic) bond motifs is 1. The Labute approximate surface area is 103 Å². The molecule has 0 unspecified atom stereocenters. The lowest BCUT2D eigenvalue weighted by atomic mass is 10.3. The molecule has 2 aromatic rings. The van der Waals surface area contributed by atoms with Crippen LogP contribution >= 0.6 is 0 Å². The Bertz CT molecular complexity index is 434. The fraction of sp³-hybridized carbons (Fsp3) is 0.500. The zero-order valence-electron chi connectivity index (χ0n) is 10.7. The molecule has 92 valence electrons. The van der Waals surface area contributed by atoms with Crippen LogP contribution in [0, 0.1) is 0 Å². The van der Waals surface area contributed by atoms with Gasteiger partial charge < -0.3 is 4.74 Å². The summed E-state index contributed by atoms with van der Waals surface area (Å²) >= 11 is 0. The van der Waals surface area contributed by atoms with E-state index in [0.29, 0.717) is 6.73 Å². The zero-order chi connectivity index (χ0) is 12.1. The molecule has 1 heterocycles. The summed E-state index contributed by atoms with van der Waals surface area (Å²) in [5.74, 6) is 0. The molecule has 0 radical (unpaired) electrons. The van der Waals surface area contributed by atoms with Crippen LogP contribution in [-0.4, -0.2) is 11.2 Å². The monoisotopic (exact) mass is 233 g/mol. The molecular formula is C14H21N2O+. The summed E-state index contributed by atoms with van der Waals surface area (Å²) in [6.07, 6.45) is 4.60. The number of benzene rings is 1. The van der Waals surface area contributed by atoms with Crippen LogP contribution in [0.25, 0.3) is 11.0 Å². The highest BCUT2D eigenvalue weighted by molar-refractivity contribution is 5.71. The van der Waals surface area contributed by atoms with Gasteiger partial charge in [0.1, 0.15) is 0 Å². The fourth-order valence-electron chi connectivity index (χ4n) is 2.04. The Morgan fingerprint density at radius 2 is 2.06 bits per heavy atom. The van der Waals surface area contributed by atoms with Crippen LogP contribution in [0.15, 0.2) is 30.6 Å². The van der Waals surface area contributed by atoms with Crippen LogP contribution < -0.4 is 4.57 Å². The minimum atomic E-state index is 0.635. The van der Waals surface area contributed by atoms with Crippen LogP contribution in [0.5, 0.6) is 0 Å².